The molecule has 4 unspecified atom stereocenters. The zero-order valence-electron chi connectivity index (χ0n) is 34.2. The summed E-state index contributed by atoms with van der Waals surface area (Å²) in [6, 6.07) is -2.46. The third-order valence-electron chi connectivity index (χ3n) is 10.4. The third-order valence-corrected chi connectivity index (χ3v) is 10.4. The van der Waals surface area contributed by atoms with Gasteiger partial charge in [0.15, 0.2) is 18.2 Å². The number of aliphatic hydroxyl groups excluding tert-OH is 1. The van der Waals surface area contributed by atoms with E-state index in [0.717, 1.165) is 34.5 Å². The first-order chi connectivity index (χ1) is 27.3. The number of nitrogens with zero attached hydrogens (tertiary/aromatic N) is 4. The fourth-order valence-electron chi connectivity index (χ4n) is 6.53. The molecule has 0 radical (unpaired) electrons. The van der Waals surface area contributed by atoms with Gasteiger partial charge in [-0.1, -0.05) is 20.3 Å². The van der Waals surface area contributed by atoms with Gasteiger partial charge in [0.25, 0.3) is 5.91 Å². The summed E-state index contributed by atoms with van der Waals surface area (Å²) in [6.45, 7) is 4.50. The van der Waals surface area contributed by atoms with Gasteiger partial charge in [-0.25, -0.2) is 0 Å². The Kier molecular flexibility index (Phi) is 20.1. The Hall–Kier alpha value is -5.27. The van der Waals surface area contributed by atoms with Crippen molar-refractivity contribution in [2.24, 2.45) is 17.8 Å². The van der Waals surface area contributed by atoms with E-state index in [2.05, 4.69) is 10.6 Å². The molecule has 3 N–H and O–H groups in total. The van der Waals surface area contributed by atoms with Crippen LogP contribution in [0.4, 0.5) is 0 Å². The maximum absolute atomic E-state index is 13.8. The van der Waals surface area contributed by atoms with Crippen molar-refractivity contribution in [1.29, 1.82) is 0 Å². The number of hydrogen-bond donors (Lipinski definition) is 3. The van der Waals surface area contributed by atoms with Gasteiger partial charge in [-0.05, 0) is 44.4 Å². The van der Waals surface area contributed by atoms with E-state index in [1.165, 1.54) is 21.0 Å². The van der Waals surface area contributed by atoms with Crippen LogP contribution in [0, 0.1) is 17.8 Å². The number of likely N-dealkylation sites (tertiary alicyclic amines) is 2. The van der Waals surface area contributed by atoms with Gasteiger partial charge in [-0.3, -0.25) is 52.7 Å². The molecule has 0 saturated carbocycles. The molecule has 58 heavy (non-hydrogen) atoms. The number of rotatable bonds is 24. The number of carbonyl (C=O) groups is 11. The number of likely N-dealkylation sites (N-methyl/N-ethyl adjacent to an activating group) is 2. The Morgan fingerprint density at radius 2 is 1.53 bits per heavy atom. The largest absolute Gasteiger partial charge is 0.462 e. The zero-order valence-corrected chi connectivity index (χ0v) is 34.2. The SMILES string of the molecule is CCC(C)[C@H](CC(=O)C(COC(=O)CN(C)C=O)NC(=O)CN(C)C(=O)C1CCCN1C(=O)C(C)=O)C(O)CC(=O)OCC(=O)[C@H](C)C(=O)NCC(=O)N1CCCC1. The number of aliphatic hydroxyl groups is 1. The summed E-state index contributed by atoms with van der Waals surface area (Å²) in [4.78, 5) is 142. The first kappa shape index (κ1) is 48.9. The van der Waals surface area contributed by atoms with Crippen LogP contribution in [-0.4, -0.2) is 175 Å². The van der Waals surface area contributed by atoms with Crippen LogP contribution in [0.25, 0.3) is 0 Å². The average Bonchev–Trinajstić information content (AvgIpc) is 3.91. The smallest absolute Gasteiger partial charge is 0.325 e. The van der Waals surface area contributed by atoms with Gasteiger partial charge in [-0.15, -0.1) is 0 Å². The number of hydrogen-bond acceptors (Lipinski definition) is 14. The van der Waals surface area contributed by atoms with Crippen LogP contribution >= 0.6 is 0 Å². The van der Waals surface area contributed by atoms with Gasteiger partial charge < -0.3 is 44.8 Å². The van der Waals surface area contributed by atoms with Crippen molar-refractivity contribution >= 4 is 65.2 Å². The summed E-state index contributed by atoms with van der Waals surface area (Å²) in [5, 5.41) is 16.0. The Bertz CT molecular complexity index is 1550. The molecule has 2 saturated heterocycles. The van der Waals surface area contributed by atoms with Gasteiger partial charge in [-0.2, -0.15) is 0 Å². The van der Waals surface area contributed by atoms with E-state index in [1.807, 2.05) is 0 Å². The van der Waals surface area contributed by atoms with Gasteiger partial charge in [0.2, 0.25) is 35.8 Å². The van der Waals surface area contributed by atoms with E-state index < -0.39 is 122 Å². The summed E-state index contributed by atoms with van der Waals surface area (Å²) in [5.41, 5.74) is 0. The van der Waals surface area contributed by atoms with E-state index in [4.69, 9.17) is 9.47 Å². The van der Waals surface area contributed by atoms with Crippen LogP contribution in [0.15, 0.2) is 0 Å². The first-order valence-electron chi connectivity index (χ1n) is 19.4. The van der Waals surface area contributed by atoms with Gasteiger partial charge in [0, 0.05) is 47.1 Å². The second-order valence-electron chi connectivity index (χ2n) is 14.9. The molecule has 0 aliphatic carbocycles. The molecule has 2 fully saturated rings. The molecule has 2 aliphatic rings. The Labute approximate surface area is 337 Å². The van der Waals surface area contributed by atoms with Crippen LogP contribution in [0.5, 0.6) is 0 Å². The minimum atomic E-state index is -1.50. The molecule has 0 aromatic heterocycles. The van der Waals surface area contributed by atoms with Crippen molar-refractivity contribution in [3.05, 3.63) is 0 Å². The molecule has 0 aromatic carbocycles. The van der Waals surface area contributed by atoms with Gasteiger partial charge in [0.05, 0.1) is 31.5 Å². The second kappa shape index (κ2) is 23.8. The molecule has 324 valence electrons. The number of ketones is 3. The van der Waals surface area contributed by atoms with Crippen molar-refractivity contribution in [3.63, 3.8) is 0 Å². The lowest BCUT2D eigenvalue weighted by molar-refractivity contribution is -0.153. The van der Waals surface area contributed by atoms with Crippen molar-refractivity contribution in [1.82, 2.24) is 30.2 Å². The predicted molar refractivity (Wildman–Crippen MR) is 202 cm³/mol. The van der Waals surface area contributed by atoms with E-state index in [9.17, 15) is 57.8 Å². The Morgan fingerprint density at radius 3 is 2.14 bits per heavy atom. The lowest BCUT2D eigenvalue weighted by Gasteiger charge is -2.29. The molecule has 0 aromatic rings. The molecule has 20 heteroatoms. The monoisotopic (exact) mass is 822 g/mol. The summed E-state index contributed by atoms with van der Waals surface area (Å²) in [6.07, 6.45) is 0.778. The van der Waals surface area contributed by atoms with Crippen LogP contribution in [0.2, 0.25) is 0 Å². The van der Waals surface area contributed by atoms with Gasteiger partial charge >= 0.3 is 11.9 Å². The normalized spacial score (nSPS) is 17.5. The quantitative estimate of drug-likeness (QED) is 0.0412. The van der Waals surface area contributed by atoms with Crippen LogP contribution in [0.1, 0.15) is 72.6 Å². The van der Waals surface area contributed by atoms with Crippen LogP contribution < -0.4 is 10.6 Å². The molecule has 6 amide bonds. The third kappa shape index (κ3) is 15.2. The minimum absolute atomic E-state index is 0.191. The fraction of sp³-hybridized carbons (Fsp3) is 0.711. The van der Waals surface area contributed by atoms with Crippen LogP contribution in [0.3, 0.4) is 0 Å². The average molecular weight is 823 g/mol. The predicted octanol–water partition coefficient (Wildman–Crippen LogP) is -2.00. The maximum atomic E-state index is 13.8. The molecular formula is C38H58N6O14. The molecule has 2 heterocycles. The van der Waals surface area contributed by atoms with Crippen molar-refractivity contribution < 1.29 is 67.3 Å². The molecule has 2 rings (SSSR count). The summed E-state index contributed by atoms with van der Waals surface area (Å²) in [5.74, 6) is -9.84. The Morgan fingerprint density at radius 1 is 0.879 bits per heavy atom. The number of amides is 6. The molecule has 6 atom stereocenters. The highest BCUT2D eigenvalue weighted by Gasteiger charge is 2.38. The van der Waals surface area contributed by atoms with E-state index in [0.29, 0.717) is 32.3 Å². The number of carbonyl (C=O) groups excluding carboxylic acids is 11. The molecule has 2 aliphatic heterocycles. The second-order valence-corrected chi connectivity index (χ2v) is 14.9. The molecular weight excluding hydrogens is 764 g/mol. The zero-order chi connectivity index (χ0) is 43.7. The van der Waals surface area contributed by atoms with Crippen molar-refractivity contribution in [3.8, 4) is 0 Å². The van der Waals surface area contributed by atoms with E-state index in [1.54, 1.807) is 18.7 Å². The fourth-order valence-corrected chi connectivity index (χ4v) is 6.53. The highest BCUT2D eigenvalue weighted by Crippen LogP contribution is 2.26. The molecule has 0 spiro atoms. The highest BCUT2D eigenvalue weighted by atomic mass is 16.5. The molecule has 0 bridgehead atoms. The highest BCUT2D eigenvalue weighted by molar-refractivity contribution is 6.35. The standard InChI is InChI=1S/C38H58N6O14/c1-7-23(2)26(29(47)16-34(52)58-21-31(49)24(3)36(54)39-17-33(51)43-12-8-9-13-43)15-30(48)27(20-57-35(53)19-41(5)22-45)40-32(50)18-42(6)38(56)28-11-10-14-44(28)37(55)25(4)46/h22-24,26-29,47H,7-21H2,1-6H3,(H,39,54)(H,40,50)/t23?,24-,26-,27?,28?,29?/m0/s1. The summed E-state index contributed by atoms with van der Waals surface area (Å²) < 4.78 is 10.2. The molecule has 20 nitrogen and oxygen atoms in total. The lowest BCUT2D eigenvalue weighted by Crippen LogP contribution is -2.52. The van der Waals surface area contributed by atoms with E-state index >= 15 is 0 Å². The van der Waals surface area contributed by atoms with Crippen LogP contribution in [-0.2, 0) is 62.2 Å². The number of nitrogens with one attached hydrogen (secondary N) is 2. The number of Topliss-reactive ketones (excluding diaryl/α,β-unsaturated/α-hetero) is 3. The van der Waals surface area contributed by atoms with Gasteiger partial charge in [0.1, 0.15) is 25.2 Å². The minimum Gasteiger partial charge on any atom is -0.462 e. The maximum Gasteiger partial charge on any atom is 0.325 e. The number of ether oxygens (including phenoxy) is 2. The van der Waals surface area contributed by atoms with Crippen molar-refractivity contribution in [2.75, 3.05) is 66.6 Å². The first-order valence-corrected chi connectivity index (χ1v) is 19.4. The lowest BCUT2D eigenvalue weighted by atomic mass is 9.81. The van der Waals surface area contributed by atoms with E-state index in [-0.39, 0.29) is 31.3 Å². The number of esters is 2. The van der Waals surface area contributed by atoms with Crippen molar-refractivity contribution in [2.45, 2.75) is 90.8 Å². The topological polar surface area (TPSA) is 263 Å². The Balaban J connectivity index is 2.07. The summed E-state index contributed by atoms with van der Waals surface area (Å²) in [7, 11) is 2.62. The summed E-state index contributed by atoms with van der Waals surface area (Å²) >= 11 is 0.